The largest absolute Gasteiger partial charge is 0.392 e. The highest BCUT2D eigenvalue weighted by Gasteiger charge is 2.10. The zero-order valence-corrected chi connectivity index (χ0v) is 11.4. The molecule has 0 saturated heterocycles. The smallest absolute Gasteiger partial charge is 0.160 e. The molecule has 2 rings (SSSR count). The summed E-state index contributed by atoms with van der Waals surface area (Å²) in [4.78, 5) is 8.53. The predicted octanol–water partition coefficient (Wildman–Crippen LogP) is 3.10. The minimum atomic E-state index is -0.332. The lowest BCUT2D eigenvalue weighted by Crippen LogP contribution is -2.01. The summed E-state index contributed by atoms with van der Waals surface area (Å²) >= 11 is 3.35. The molecule has 0 unspecified atom stereocenters. The van der Waals surface area contributed by atoms with E-state index < -0.39 is 0 Å². The minimum Gasteiger partial charge on any atom is -0.392 e. The summed E-state index contributed by atoms with van der Waals surface area (Å²) < 4.78 is 14.0. The number of hydrogen-bond acceptors (Lipinski definition) is 3. The highest BCUT2D eigenvalue weighted by molar-refractivity contribution is 9.10. The number of aliphatic hydroxyl groups is 1. The molecule has 1 aromatic heterocycles. The molecule has 0 aliphatic rings. The lowest BCUT2D eigenvalue weighted by atomic mass is 10.1. The maximum absolute atomic E-state index is 13.2. The van der Waals surface area contributed by atoms with Gasteiger partial charge in [-0.3, -0.25) is 0 Å². The van der Waals surface area contributed by atoms with Crippen LogP contribution in [0, 0.1) is 5.82 Å². The Bertz CT molecular complexity index is 575. The predicted molar refractivity (Wildman–Crippen MR) is 70.4 cm³/mol. The average molecular weight is 311 g/mol. The SMILES string of the molecule is CCc1nc(-c2cc(F)ccc2Br)ncc1CO. The first-order valence-corrected chi connectivity index (χ1v) is 6.36. The maximum Gasteiger partial charge on any atom is 0.160 e. The van der Waals surface area contributed by atoms with Crippen molar-refractivity contribution in [2.45, 2.75) is 20.0 Å². The Morgan fingerprint density at radius 2 is 2.17 bits per heavy atom. The summed E-state index contributed by atoms with van der Waals surface area (Å²) in [5.41, 5.74) is 2.08. The van der Waals surface area contributed by atoms with Crippen molar-refractivity contribution in [2.24, 2.45) is 0 Å². The van der Waals surface area contributed by atoms with Gasteiger partial charge in [0.25, 0.3) is 0 Å². The average Bonchev–Trinajstić information content (AvgIpc) is 2.40. The molecule has 0 saturated carbocycles. The van der Waals surface area contributed by atoms with E-state index in [0.717, 1.165) is 10.2 Å². The van der Waals surface area contributed by atoms with Crippen LogP contribution in [0.5, 0.6) is 0 Å². The van der Waals surface area contributed by atoms with E-state index in [4.69, 9.17) is 5.11 Å². The van der Waals surface area contributed by atoms with E-state index in [1.807, 2.05) is 6.92 Å². The fraction of sp³-hybridized carbons (Fsp3) is 0.231. The molecule has 18 heavy (non-hydrogen) atoms. The van der Waals surface area contributed by atoms with Crippen molar-refractivity contribution in [1.29, 1.82) is 0 Å². The lowest BCUT2D eigenvalue weighted by molar-refractivity contribution is 0.279. The molecule has 5 heteroatoms. The van der Waals surface area contributed by atoms with Crippen LogP contribution in [-0.2, 0) is 13.0 Å². The maximum atomic E-state index is 13.2. The van der Waals surface area contributed by atoms with Gasteiger partial charge in [0.15, 0.2) is 5.82 Å². The van der Waals surface area contributed by atoms with Gasteiger partial charge in [-0.05, 0) is 24.6 Å². The van der Waals surface area contributed by atoms with Crippen molar-refractivity contribution in [3.05, 3.63) is 45.9 Å². The van der Waals surface area contributed by atoms with Gasteiger partial charge in [-0.25, -0.2) is 14.4 Å². The molecular formula is C13H12BrFN2O. The summed E-state index contributed by atoms with van der Waals surface area (Å²) in [5, 5.41) is 9.16. The molecule has 0 aliphatic carbocycles. The number of benzene rings is 1. The van der Waals surface area contributed by atoms with Crippen LogP contribution in [-0.4, -0.2) is 15.1 Å². The number of aryl methyl sites for hydroxylation is 1. The molecule has 0 amide bonds. The van der Waals surface area contributed by atoms with Gasteiger partial charge in [-0.2, -0.15) is 0 Å². The summed E-state index contributed by atoms with van der Waals surface area (Å²) in [7, 11) is 0. The first-order chi connectivity index (χ1) is 8.65. The molecule has 3 nitrogen and oxygen atoms in total. The van der Waals surface area contributed by atoms with Crippen LogP contribution in [0.25, 0.3) is 11.4 Å². The second-order valence-corrected chi connectivity index (χ2v) is 4.66. The third kappa shape index (κ3) is 2.57. The Kier molecular flexibility index (Phi) is 4.04. The molecule has 1 heterocycles. The van der Waals surface area contributed by atoms with E-state index in [1.54, 1.807) is 12.3 Å². The number of rotatable bonds is 3. The third-order valence-corrected chi connectivity index (χ3v) is 3.32. The van der Waals surface area contributed by atoms with Crippen LogP contribution < -0.4 is 0 Å². The van der Waals surface area contributed by atoms with Crippen LogP contribution in [0.2, 0.25) is 0 Å². The van der Waals surface area contributed by atoms with Crippen molar-refractivity contribution in [1.82, 2.24) is 9.97 Å². The van der Waals surface area contributed by atoms with Crippen LogP contribution >= 0.6 is 15.9 Å². The highest BCUT2D eigenvalue weighted by atomic mass is 79.9. The van der Waals surface area contributed by atoms with Crippen LogP contribution in [0.3, 0.4) is 0 Å². The summed E-state index contributed by atoms with van der Waals surface area (Å²) in [6.07, 6.45) is 2.27. The van der Waals surface area contributed by atoms with Crippen molar-refractivity contribution in [3.63, 3.8) is 0 Å². The van der Waals surface area contributed by atoms with Crippen LogP contribution in [0.4, 0.5) is 4.39 Å². The van der Waals surface area contributed by atoms with Crippen molar-refractivity contribution < 1.29 is 9.50 Å². The van der Waals surface area contributed by atoms with E-state index >= 15 is 0 Å². The van der Waals surface area contributed by atoms with E-state index in [2.05, 4.69) is 25.9 Å². The molecule has 2 aromatic rings. The quantitative estimate of drug-likeness (QED) is 0.947. The Morgan fingerprint density at radius 1 is 1.39 bits per heavy atom. The zero-order chi connectivity index (χ0) is 13.1. The van der Waals surface area contributed by atoms with E-state index in [9.17, 15) is 4.39 Å². The highest BCUT2D eigenvalue weighted by Crippen LogP contribution is 2.26. The normalized spacial score (nSPS) is 10.7. The Labute approximate surface area is 113 Å². The summed E-state index contributed by atoms with van der Waals surface area (Å²) in [6.45, 7) is 1.86. The molecule has 94 valence electrons. The van der Waals surface area contributed by atoms with E-state index in [0.29, 0.717) is 23.4 Å². The number of aromatic nitrogens is 2. The standard InChI is InChI=1S/C13H12BrFN2O/c1-2-12-8(7-18)6-16-13(17-12)10-5-9(15)3-4-11(10)14/h3-6,18H,2,7H2,1H3. The Hall–Kier alpha value is -1.33. The molecule has 0 radical (unpaired) electrons. The van der Waals surface area contributed by atoms with Gasteiger partial charge in [0.1, 0.15) is 5.82 Å². The molecule has 0 spiro atoms. The first kappa shape index (κ1) is 13.1. The number of halogens is 2. The third-order valence-electron chi connectivity index (χ3n) is 2.63. The van der Waals surface area contributed by atoms with E-state index in [1.165, 1.54) is 12.1 Å². The molecular weight excluding hydrogens is 299 g/mol. The summed E-state index contributed by atoms with van der Waals surface area (Å²) in [6, 6.07) is 4.38. The van der Waals surface area contributed by atoms with Crippen LogP contribution in [0.15, 0.2) is 28.9 Å². The van der Waals surface area contributed by atoms with Gasteiger partial charge in [-0.1, -0.05) is 22.9 Å². The second kappa shape index (κ2) is 5.54. The monoisotopic (exact) mass is 310 g/mol. The van der Waals surface area contributed by atoms with Crippen molar-refractivity contribution in [3.8, 4) is 11.4 Å². The van der Waals surface area contributed by atoms with Gasteiger partial charge in [0.2, 0.25) is 0 Å². The fourth-order valence-electron chi connectivity index (χ4n) is 1.68. The lowest BCUT2D eigenvalue weighted by Gasteiger charge is -2.08. The Balaban J connectivity index is 2.54. The van der Waals surface area contributed by atoms with Gasteiger partial charge < -0.3 is 5.11 Å². The Morgan fingerprint density at radius 3 is 2.83 bits per heavy atom. The molecule has 1 aromatic carbocycles. The fourth-order valence-corrected chi connectivity index (χ4v) is 2.10. The molecule has 0 atom stereocenters. The first-order valence-electron chi connectivity index (χ1n) is 5.56. The van der Waals surface area contributed by atoms with Gasteiger partial charge in [-0.15, -0.1) is 0 Å². The van der Waals surface area contributed by atoms with Crippen LogP contribution in [0.1, 0.15) is 18.2 Å². The molecule has 0 fully saturated rings. The van der Waals surface area contributed by atoms with E-state index in [-0.39, 0.29) is 12.4 Å². The van der Waals surface area contributed by atoms with Gasteiger partial charge in [0, 0.05) is 27.5 Å². The number of nitrogens with zero attached hydrogens (tertiary/aromatic N) is 2. The number of aliphatic hydroxyl groups excluding tert-OH is 1. The minimum absolute atomic E-state index is 0.0895. The van der Waals surface area contributed by atoms with Crippen molar-refractivity contribution >= 4 is 15.9 Å². The second-order valence-electron chi connectivity index (χ2n) is 3.80. The molecule has 0 bridgehead atoms. The van der Waals surface area contributed by atoms with Gasteiger partial charge in [0.05, 0.1) is 6.61 Å². The van der Waals surface area contributed by atoms with Gasteiger partial charge >= 0.3 is 0 Å². The number of hydrogen-bond donors (Lipinski definition) is 1. The molecule has 0 aliphatic heterocycles. The topological polar surface area (TPSA) is 46.0 Å². The molecule has 1 N–H and O–H groups in total. The van der Waals surface area contributed by atoms with Crippen molar-refractivity contribution in [2.75, 3.05) is 0 Å². The summed E-state index contributed by atoms with van der Waals surface area (Å²) in [5.74, 6) is 0.122. The zero-order valence-electron chi connectivity index (χ0n) is 9.82.